The molecule has 0 spiro atoms. The number of nitrogens with two attached hydrogens (primary N) is 1. The number of rotatable bonds is 6. The normalized spacial score (nSPS) is 10.3. The average Bonchev–Trinajstić information content (AvgIpc) is 2.46. The number of aryl methyl sites for hydroxylation is 1. The lowest BCUT2D eigenvalue weighted by Gasteiger charge is -2.13. The SMILES string of the molecule is CCOc1cc(CN)ccc1OCc1cccc(C)n1. The Balaban J connectivity index is 2.12. The van der Waals surface area contributed by atoms with Crippen molar-refractivity contribution in [1.82, 2.24) is 4.98 Å². The number of aromatic nitrogens is 1. The van der Waals surface area contributed by atoms with Crippen molar-refractivity contribution in [3.63, 3.8) is 0 Å². The third kappa shape index (κ3) is 3.71. The van der Waals surface area contributed by atoms with Gasteiger partial charge in [-0.1, -0.05) is 12.1 Å². The summed E-state index contributed by atoms with van der Waals surface area (Å²) < 4.78 is 11.4. The van der Waals surface area contributed by atoms with Gasteiger partial charge in [0, 0.05) is 12.2 Å². The molecular weight excluding hydrogens is 252 g/mol. The molecule has 4 heteroatoms. The topological polar surface area (TPSA) is 57.4 Å². The molecule has 2 rings (SSSR count). The zero-order valence-corrected chi connectivity index (χ0v) is 11.9. The van der Waals surface area contributed by atoms with Crippen LogP contribution in [0, 0.1) is 6.92 Å². The van der Waals surface area contributed by atoms with Crippen LogP contribution in [0.4, 0.5) is 0 Å². The third-order valence-electron chi connectivity index (χ3n) is 2.87. The predicted molar refractivity (Wildman–Crippen MR) is 78.8 cm³/mol. The first-order valence-electron chi connectivity index (χ1n) is 6.74. The minimum Gasteiger partial charge on any atom is -0.490 e. The van der Waals surface area contributed by atoms with Gasteiger partial charge < -0.3 is 15.2 Å². The van der Waals surface area contributed by atoms with Gasteiger partial charge in [0.1, 0.15) is 6.61 Å². The second-order valence-electron chi connectivity index (χ2n) is 4.48. The van der Waals surface area contributed by atoms with E-state index < -0.39 is 0 Å². The van der Waals surface area contributed by atoms with Gasteiger partial charge in [0.15, 0.2) is 11.5 Å². The molecule has 0 unspecified atom stereocenters. The molecule has 0 aliphatic rings. The van der Waals surface area contributed by atoms with E-state index in [4.69, 9.17) is 15.2 Å². The molecule has 0 aliphatic carbocycles. The zero-order chi connectivity index (χ0) is 14.4. The highest BCUT2D eigenvalue weighted by atomic mass is 16.5. The van der Waals surface area contributed by atoms with Gasteiger partial charge in [-0.25, -0.2) is 0 Å². The van der Waals surface area contributed by atoms with E-state index in [1.807, 2.05) is 50.2 Å². The molecule has 0 radical (unpaired) electrons. The van der Waals surface area contributed by atoms with Crippen LogP contribution in [-0.4, -0.2) is 11.6 Å². The van der Waals surface area contributed by atoms with Crippen LogP contribution in [0.25, 0.3) is 0 Å². The Morgan fingerprint density at radius 1 is 1.10 bits per heavy atom. The van der Waals surface area contributed by atoms with Crippen LogP contribution in [0.15, 0.2) is 36.4 Å². The molecule has 0 amide bonds. The largest absolute Gasteiger partial charge is 0.490 e. The Kier molecular flexibility index (Phi) is 4.96. The molecule has 2 aromatic rings. The number of nitrogens with zero attached hydrogens (tertiary/aromatic N) is 1. The molecule has 1 heterocycles. The Morgan fingerprint density at radius 3 is 2.65 bits per heavy atom. The van der Waals surface area contributed by atoms with E-state index in [2.05, 4.69) is 4.98 Å². The lowest BCUT2D eigenvalue weighted by molar-refractivity contribution is 0.266. The van der Waals surface area contributed by atoms with Crippen molar-refractivity contribution in [1.29, 1.82) is 0 Å². The van der Waals surface area contributed by atoms with E-state index in [1.165, 1.54) is 0 Å². The van der Waals surface area contributed by atoms with Gasteiger partial charge in [-0.3, -0.25) is 4.98 Å². The summed E-state index contributed by atoms with van der Waals surface area (Å²) in [7, 11) is 0. The molecule has 0 atom stereocenters. The van der Waals surface area contributed by atoms with E-state index >= 15 is 0 Å². The van der Waals surface area contributed by atoms with Crippen LogP contribution in [0.3, 0.4) is 0 Å². The number of hydrogen-bond acceptors (Lipinski definition) is 4. The minimum atomic E-state index is 0.420. The number of benzene rings is 1. The monoisotopic (exact) mass is 272 g/mol. The maximum Gasteiger partial charge on any atom is 0.161 e. The lowest BCUT2D eigenvalue weighted by Crippen LogP contribution is -2.03. The Hall–Kier alpha value is -2.07. The molecular formula is C16H20N2O2. The van der Waals surface area contributed by atoms with Gasteiger partial charge in [-0.05, 0) is 43.7 Å². The fourth-order valence-corrected chi connectivity index (χ4v) is 1.90. The van der Waals surface area contributed by atoms with Crippen molar-refractivity contribution in [3.8, 4) is 11.5 Å². The van der Waals surface area contributed by atoms with Gasteiger partial charge >= 0.3 is 0 Å². The quantitative estimate of drug-likeness (QED) is 0.878. The Morgan fingerprint density at radius 2 is 1.95 bits per heavy atom. The van der Waals surface area contributed by atoms with Crippen molar-refractivity contribution < 1.29 is 9.47 Å². The van der Waals surface area contributed by atoms with Gasteiger partial charge in [0.25, 0.3) is 0 Å². The number of ether oxygens (including phenoxy) is 2. The van der Waals surface area contributed by atoms with Gasteiger partial charge in [0.05, 0.1) is 12.3 Å². The highest BCUT2D eigenvalue weighted by Crippen LogP contribution is 2.29. The summed E-state index contributed by atoms with van der Waals surface area (Å²) in [6.45, 7) is 5.41. The van der Waals surface area contributed by atoms with Crippen molar-refractivity contribution in [2.75, 3.05) is 6.61 Å². The summed E-state index contributed by atoms with van der Waals surface area (Å²) in [5.74, 6) is 1.44. The first kappa shape index (κ1) is 14.3. The Labute approximate surface area is 119 Å². The van der Waals surface area contributed by atoms with Crippen molar-refractivity contribution in [2.45, 2.75) is 27.0 Å². The van der Waals surface area contributed by atoms with E-state index in [0.717, 1.165) is 22.7 Å². The lowest BCUT2D eigenvalue weighted by atomic mass is 10.2. The molecule has 0 saturated heterocycles. The Bertz CT molecular complexity index is 570. The summed E-state index contributed by atoms with van der Waals surface area (Å²) in [6.07, 6.45) is 0. The van der Waals surface area contributed by atoms with Crippen LogP contribution < -0.4 is 15.2 Å². The summed E-state index contributed by atoms with van der Waals surface area (Å²) in [5, 5.41) is 0. The fourth-order valence-electron chi connectivity index (χ4n) is 1.90. The molecule has 0 fully saturated rings. The molecule has 4 nitrogen and oxygen atoms in total. The number of pyridine rings is 1. The van der Waals surface area contributed by atoms with E-state index in [0.29, 0.717) is 25.5 Å². The summed E-state index contributed by atoms with van der Waals surface area (Å²) in [4.78, 5) is 4.41. The highest BCUT2D eigenvalue weighted by molar-refractivity contribution is 5.43. The zero-order valence-electron chi connectivity index (χ0n) is 11.9. The van der Waals surface area contributed by atoms with Crippen molar-refractivity contribution in [3.05, 3.63) is 53.3 Å². The van der Waals surface area contributed by atoms with Gasteiger partial charge in [-0.15, -0.1) is 0 Å². The highest BCUT2D eigenvalue weighted by Gasteiger charge is 2.07. The molecule has 0 bridgehead atoms. The third-order valence-corrected chi connectivity index (χ3v) is 2.87. The minimum absolute atomic E-state index is 0.420. The van der Waals surface area contributed by atoms with Crippen LogP contribution in [-0.2, 0) is 13.2 Å². The van der Waals surface area contributed by atoms with Crippen molar-refractivity contribution in [2.24, 2.45) is 5.73 Å². The maximum atomic E-state index is 5.80. The van der Waals surface area contributed by atoms with Crippen LogP contribution in [0.2, 0.25) is 0 Å². The van der Waals surface area contributed by atoms with Gasteiger partial charge in [0.2, 0.25) is 0 Å². The fraction of sp³-hybridized carbons (Fsp3) is 0.312. The second-order valence-corrected chi connectivity index (χ2v) is 4.48. The molecule has 0 aliphatic heterocycles. The summed E-state index contributed by atoms with van der Waals surface area (Å²) in [6, 6.07) is 11.6. The van der Waals surface area contributed by atoms with E-state index in [9.17, 15) is 0 Å². The second kappa shape index (κ2) is 6.91. The van der Waals surface area contributed by atoms with E-state index in [1.54, 1.807) is 0 Å². The first-order valence-corrected chi connectivity index (χ1v) is 6.74. The van der Waals surface area contributed by atoms with Crippen LogP contribution >= 0.6 is 0 Å². The van der Waals surface area contributed by atoms with E-state index in [-0.39, 0.29) is 0 Å². The van der Waals surface area contributed by atoms with Crippen molar-refractivity contribution >= 4 is 0 Å². The molecule has 1 aromatic heterocycles. The summed E-state index contributed by atoms with van der Waals surface area (Å²) in [5.41, 5.74) is 8.54. The average molecular weight is 272 g/mol. The standard InChI is InChI=1S/C16H20N2O2/c1-3-19-16-9-13(10-17)7-8-15(16)20-11-14-6-4-5-12(2)18-14/h4-9H,3,10-11,17H2,1-2H3. The smallest absolute Gasteiger partial charge is 0.161 e. The molecule has 1 aromatic carbocycles. The van der Waals surface area contributed by atoms with Crippen LogP contribution in [0.5, 0.6) is 11.5 Å². The predicted octanol–water partition coefficient (Wildman–Crippen LogP) is 2.83. The first-order chi connectivity index (χ1) is 9.72. The maximum absolute atomic E-state index is 5.80. The molecule has 0 saturated carbocycles. The molecule has 2 N–H and O–H groups in total. The number of hydrogen-bond donors (Lipinski definition) is 1. The van der Waals surface area contributed by atoms with Crippen LogP contribution in [0.1, 0.15) is 23.9 Å². The molecule has 106 valence electrons. The molecule has 20 heavy (non-hydrogen) atoms. The van der Waals surface area contributed by atoms with Gasteiger partial charge in [-0.2, -0.15) is 0 Å². The summed E-state index contributed by atoms with van der Waals surface area (Å²) >= 11 is 0.